The lowest BCUT2D eigenvalue weighted by molar-refractivity contribution is 0.0696. The van der Waals surface area contributed by atoms with Crippen LogP contribution in [0, 0.1) is 5.92 Å². The smallest absolute Gasteiger partial charge is 0.337 e. The first-order valence-electron chi connectivity index (χ1n) is 5.11. The first-order chi connectivity index (χ1) is 7.41. The van der Waals surface area contributed by atoms with E-state index >= 15 is 0 Å². The maximum atomic E-state index is 10.7. The predicted molar refractivity (Wildman–Crippen MR) is 63.7 cm³/mol. The highest BCUT2D eigenvalue weighted by Gasteiger charge is 2.11. The Morgan fingerprint density at radius 3 is 2.69 bits per heavy atom. The third-order valence-electron chi connectivity index (χ3n) is 2.14. The summed E-state index contributed by atoms with van der Waals surface area (Å²) in [5.74, 6) is 0.0984. The van der Waals surface area contributed by atoms with Crippen LogP contribution in [-0.2, 0) is 0 Å². The van der Waals surface area contributed by atoms with E-state index in [1.165, 1.54) is 12.3 Å². The van der Waals surface area contributed by atoms with E-state index in [1.807, 2.05) is 11.9 Å². The topological polar surface area (TPSA) is 79.5 Å². The first kappa shape index (κ1) is 12.3. The highest BCUT2D eigenvalue weighted by Crippen LogP contribution is 2.20. The van der Waals surface area contributed by atoms with Gasteiger partial charge in [0, 0.05) is 19.8 Å². The third kappa shape index (κ3) is 2.85. The molecule has 0 fully saturated rings. The van der Waals surface area contributed by atoms with Gasteiger partial charge in [-0.25, -0.2) is 9.78 Å². The molecule has 0 aromatic carbocycles. The van der Waals surface area contributed by atoms with Crippen molar-refractivity contribution in [1.29, 1.82) is 0 Å². The monoisotopic (exact) mass is 223 g/mol. The van der Waals surface area contributed by atoms with E-state index in [1.54, 1.807) is 0 Å². The molecule has 1 aromatic rings. The molecule has 1 heterocycles. The maximum absolute atomic E-state index is 10.7. The van der Waals surface area contributed by atoms with Gasteiger partial charge in [-0.2, -0.15) is 0 Å². The van der Waals surface area contributed by atoms with Gasteiger partial charge in [-0.15, -0.1) is 0 Å². The molecule has 0 aliphatic heterocycles. The van der Waals surface area contributed by atoms with E-state index in [4.69, 9.17) is 10.8 Å². The van der Waals surface area contributed by atoms with Crippen LogP contribution < -0.4 is 10.6 Å². The van der Waals surface area contributed by atoms with Crippen LogP contribution in [0.1, 0.15) is 24.2 Å². The second-order valence-electron chi connectivity index (χ2n) is 4.22. The predicted octanol–water partition coefficient (Wildman–Crippen LogP) is 1.45. The number of nitrogens with zero attached hydrogens (tertiary/aromatic N) is 2. The minimum atomic E-state index is -1.02. The lowest BCUT2D eigenvalue weighted by atomic mass is 10.2. The number of carboxylic acid groups (broad SMARTS) is 1. The van der Waals surface area contributed by atoms with Crippen molar-refractivity contribution in [2.45, 2.75) is 13.8 Å². The van der Waals surface area contributed by atoms with Crippen molar-refractivity contribution < 1.29 is 9.90 Å². The van der Waals surface area contributed by atoms with Gasteiger partial charge in [0.25, 0.3) is 0 Å². The number of rotatable bonds is 4. The SMILES string of the molecule is CC(C)CN(C)c1ncc(C(=O)O)cc1N. The zero-order chi connectivity index (χ0) is 12.3. The van der Waals surface area contributed by atoms with Gasteiger partial charge in [0.15, 0.2) is 5.82 Å². The average Bonchev–Trinajstić information content (AvgIpc) is 2.15. The van der Waals surface area contributed by atoms with E-state index < -0.39 is 5.97 Å². The molecule has 0 aliphatic carbocycles. The number of anilines is 2. The molecule has 1 rings (SSSR count). The second kappa shape index (κ2) is 4.83. The highest BCUT2D eigenvalue weighted by molar-refractivity contribution is 5.89. The summed E-state index contributed by atoms with van der Waals surface area (Å²) >= 11 is 0. The summed E-state index contributed by atoms with van der Waals surface area (Å²) in [6.45, 7) is 5.01. The van der Waals surface area contributed by atoms with Crippen LogP contribution >= 0.6 is 0 Å². The zero-order valence-electron chi connectivity index (χ0n) is 9.77. The molecule has 0 saturated carbocycles. The number of carbonyl (C=O) groups is 1. The van der Waals surface area contributed by atoms with Crippen molar-refractivity contribution in [1.82, 2.24) is 4.98 Å². The number of pyridine rings is 1. The van der Waals surface area contributed by atoms with E-state index in [0.717, 1.165) is 6.54 Å². The molecule has 0 saturated heterocycles. The van der Waals surface area contributed by atoms with Gasteiger partial charge in [-0.3, -0.25) is 0 Å². The maximum Gasteiger partial charge on any atom is 0.337 e. The number of aromatic carboxylic acids is 1. The Labute approximate surface area is 94.9 Å². The Hall–Kier alpha value is -1.78. The van der Waals surface area contributed by atoms with Crippen molar-refractivity contribution in [3.05, 3.63) is 17.8 Å². The molecule has 0 spiro atoms. The zero-order valence-corrected chi connectivity index (χ0v) is 9.77. The summed E-state index contributed by atoms with van der Waals surface area (Å²) in [6, 6.07) is 1.43. The van der Waals surface area contributed by atoms with E-state index in [0.29, 0.717) is 17.4 Å². The average molecular weight is 223 g/mol. The molecule has 0 aliphatic rings. The second-order valence-corrected chi connectivity index (χ2v) is 4.22. The summed E-state index contributed by atoms with van der Waals surface area (Å²) in [5.41, 5.74) is 6.27. The van der Waals surface area contributed by atoms with Crippen LogP contribution in [0.2, 0.25) is 0 Å². The fourth-order valence-electron chi connectivity index (χ4n) is 1.54. The Morgan fingerprint density at radius 1 is 1.62 bits per heavy atom. The summed E-state index contributed by atoms with van der Waals surface area (Å²) in [5, 5.41) is 8.78. The molecule has 0 bridgehead atoms. The van der Waals surface area contributed by atoms with Crippen LogP contribution in [0.4, 0.5) is 11.5 Å². The number of hydrogen-bond donors (Lipinski definition) is 2. The summed E-state index contributed by atoms with van der Waals surface area (Å²) in [7, 11) is 1.89. The molecule has 1 aromatic heterocycles. The van der Waals surface area contributed by atoms with Gasteiger partial charge in [0.05, 0.1) is 11.3 Å². The van der Waals surface area contributed by atoms with Gasteiger partial charge in [0.2, 0.25) is 0 Å². The fourth-order valence-corrected chi connectivity index (χ4v) is 1.54. The van der Waals surface area contributed by atoms with Gasteiger partial charge in [-0.05, 0) is 12.0 Å². The fraction of sp³-hybridized carbons (Fsp3) is 0.455. The molecular weight excluding hydrogens is 206 g/mol. The van der Waals surface area contributed by atoms with Crippen LogP contribution in [0.5, 0.6) is 0 Å². The van der Waals surface area contributed by atoms with Gasteiger partial charge in [-0.1, -0.05) is 13.8 Å². The van der Waals surface area contributed by atoms with E-state index in [-0.39, 0.29) is 5.56 Å². The Balaban J connectivity index is 2.94. The van der Waals surface area contributed by atoms with Crippen molar-refractivity contribution in [2.24, 2.45) is 5.92 Å². The van der Waals surface area contributed by atoms with Crippen LogP contribution in [-0.4, -0.2) is 29.7 Å². The van der Waals surface area contributed by atoms with E-state index in [2.05, 4.69) is 18.8 Å². The first-order valence-corrected chi connectivity index (χ1v) is 5.11. The number of carboxylic acids is 1. The summed E-state index contributed by atoms with van der Waals surface area (Å²) < 4.78 is 0. The summed E-state index contributed by atoms with van der Waals surface area (Å²) in [4.78, 5) is 16.7. The van der Waals surface area contributed by atoms with Gasteiger partial charge < -0.3 is 15.7 Å². The lowest BCUT2D eigenvalue weighted by Gasteiger charge is -2.21. The van der Waals surface area contributed by atoms with Crippen LogP contribution in [0.15, 0.2) is 12.3 Å². The van der Waals surface area contributed by atoms with Crippen molar-refractivity contribution >= 4 is 17.5 Å². The molecule has 88 valence electrons. The number of hydrogen-bond acceptors (Lipinski definition) is 4. The van der Waals surface area contributed by atoms with Crippen molar-refractivity contribution in [3.8, 4) is 0 Å². The Morgan fingerprint density at radius 2 is 2.25 bits per heavy atom. The van der Waals surface area contributed by atoms with E-state index in [9.17, 15) is 4.79 Å². The molecule has 0 amide bonds. The largest absolute Gasteiger partial charge is 0.478 e. The van der Waals surface area contributed by atoms with Crippen molar-refractivity contribution in [3.63, 3.8) is 0 Å². The normalized spacial score (nSPS) is 10.5. The molecule has 0 atom stereocenters. The Bertz CT molecular complexity index is 391. The molecule has 0 unspecified atom stereocenters. The summed E-state index contributed by atoms with van der Waals surface area (Å²) in [6.07, 6.45) is 1.32. The standard InChI is InChI=1S/C11H17N3O2/c1-7(2)6-14(3)10-9(12)4-8(5-13-10)11(15)16/h4-5,7H,6,12H2,1-3H3,(H,15,16). The molecule has 16 heavy (non-hydrogen) atoms. The van der Waals surface area contributed by atoms with Gasteiger partial charge in [0.1, 0.15) is 0 Å². The lowest BCUT2D eigenvalue weighted by Crippen LogP contribution is -2.24. The molecule has 5 heteroatoms. The highest BCUT2D eigenvalue weighted by atomic mass is 16.4. The number of nitrogen functional groups attached to an aromatic ring is 1. The molecule has 3 N–H and O–H groups in total. The van der Waals surface area contributed by atoms with Gasteiger partial charge >= 0.3 is 5.97 Å². The minimum Gasteiger partial charge on any atom is -0.478 e. The number of nitrogens with two attached hydrogens (primary N) is 1. The quantitative estimate of drug-likeness (QED) is 0.807. The molecule has 0 radical (unpaired) electrons. The molecular formula is C11H17N3O2. The minimum absolute atomic E-state index is 0.110. The number of aromatic nitrogens is 1. The molecule has 5 nitrogen and oxygen atoms in total. The Kier molecular flexibility index (Phi) is 3.71. The third-order valence-corrected chi connectivity index (χ3v) is 2.14. The van der Waals surface area contributed by atoms with Crippen molar-refractivity contribution in [2.75, 3.05) is 24.2 Å². The van der Waals surface area contributed by atoms with Crippen LogP contribution in [0.25, 0.3) is 0 Å². The van der Waals surface area contributed by atoms with Crippen LogP contribution in [0.3, 0.4) is 0 Å².